The van der Waals surface area contributed by atoms with E-state index in [-0.39, 0.29) is 11.2 Å². The fourth-order valence-electron chi connectivity index (χ4n) is 2.60. The number of rotatable bonds is 3. The largest absolute Gasteiger partial charge is 0.399 e. The van der Waals surface area contributed by atoms with Crippen molar-refractivity contribution in [3.8, 4) is 0 Å². The van der Waals surface area contributed by atoms with Gasteiger partial charge in [-0.1, -0.05) is 24.3 Å². The van der Waals surface area contributed by atoms with Crippen LogP contribution in [0.5, 0.6) is 0 Å². The number of anilines is 2. The van der Waals surface area contributed by atoms with Crippen molar-refractivity contribution in [2.45, 2.75) is 18.1 Å². The van der Waals surface area contributed by atoms with Gasteiger partial charge in [0.2, 0.25) is 5.91 Å². The number of nitrogens with zero attached hydrogens (tertiary/aromatic N) is 1. The number of thiol groups is 1. The van der Waals surface area contributed by atoms with Crippen LogP contribution in [-0.2, 0) is 11.2 Å². The Morgan fingerprint density at radius 3 is 2.14 bits per heavy atom. The van der Waals surface area contributed by atoms with Gasteiger partial charge in [0.05, 0.1) is 0 Å². The average molecular weight is 298 g/mol. The molecule has 1 amide bonds. The number of carbonyl (C=O) groups is 1. The predicted octanol–water partition coefficient (Wildman–Crippen LogP) is 2.89. The van der Waals surface area contributed by atoms with E-state index in [1.165, 1.54) is 11.1 Å². The molecule has 1 atom stereocenters. The molecule has 2 aromatic carbocycles. The summed E-state index contributed by atoms with van der Waals surface area (Å²) in [7, 11) is 0. The highest BCUT2D eigenvalue weighted by Gasteiger charge is 2.27. The molecule has 1 fully saturated rings. The first-order valence-electron chi connectivity index (χ1n) is 7.03. The second-order valence-corrected chi connectivity index (χ2v) is 6.18. The molecule has 1 heterocycles. The average Bonchev–Trinajstić information content (AvgIpc) is 2.81. The predicted molar refractivity (Wildman–Crippen MR) is 89.8 cm³/mol. The van der Waals surface area contributed by atoms with Crippen molar-refractivity contribution in [1.82, 2.24) is 0 Å². The highest BCUT2D eigenvalue weighted by molar-refractivity contribution is 7.81. The van der Waals surface area contributed by atoms with Crippen LogP contribution in [-0.4, -0.2) is 17.7 Å². The maximum absolute atomic E-state index is 11.9. The Hall–Kier alpha value is -1.94. The molecule has 2 N–H and O–H groups in total. The molecule has 1 unspecified atom stereocenters. The van der Waals surface area contributed by atoms with E-state index in [1.807, 2.05) is 41.3 Å². The van der Waals surface area contributed by atoms with Crippen molar-refractivity contribution in [3.05, 3.63) is 59.7 Å². The van der Waals surface area contributed by atoms with E-state index in [9.17, 15) is 4.79 Å². The van der Waals surface area contributed by atoms with Crippen LogP contribution < -0.4 is 10.6 Å². The van der Waals surface area contributed by atoms with Crippen LogP contribution >= 0.6 is 12.6 Å². The van der Waals surface area contributed by atoms with Crippen molar-refractivity contribution in [1.29, 1.82) is 0 Å². The molecule has 0 bridgehead atoms. The standard InChI is InChI=1S/C17H18N2OS/c18-14-5-1-12(2-6-14)9-13-3-7-15(8-4-13)19-11-16(21)10-17(19)20/h1-8,16,21H,9-11,18H2. The smallest absolute Gasteiger partial charge is 0.228 e. The number of nitrogen functional groups attached to an aromatic ring is 1. The minimum Gasteiger partial charge on any atom is -0.399 e. The van der Waals surface area contributed by atoms with Crippen molar-refractivity contribution in [2.24, 2.45) is 0 Å². The van der Waals surface area contributed by atoms with Crippen molar-refractivity contribution in [2.75, 3.05) is 17.2 Å². The molecule has 0 aromatic heterocycles. The topological polar surface area (TPSA) is 46.3 Å². The van der Waals surface area contributed by atoms with E-state index in [1.54, 1.807) is 0 Å². The summed E-state index contributed by atoms with van der Waals surface area (Å²) in [5.41, 5.74) is 9.87. The molecule has 3 rings (SSSR count). The van der Waals surface area contributed by atoms with Gasteiger partial charge < -0.3 is 10.6 Å². The summed E-state index contributed by atoms with van der Waals surface area (Å²) in [6.45, 7) is 0.694. The zero-order valence-electron chi connectivity index (χ0n) is 11.7. The summed E-state index contributed by atoms with van der Waals surface area (Å²) in [6, 6.07) is 16.1. The summed E-state index contributed by atoms with van der Waals surface area (Å²) in [5.74, 6) is 0.154. The van der Waals surface area contributed by atoms with E-state index < -0.39 is 0 Å². The molecule has 1 aliphatic heterocycles. The van der Waals surface area contributed by atoms with Crippen LogP contribution in [0.4, 0.5) is 11.4 Å². The Labute approximate surface area is 130 Å². The number of hydrogen-bond acceptors (Lipinski definition) is 3. The molecule has 0 saturated carbocycles. The lowest BCUT2D eigenvalue weighted by atomic mass is 10.0. The molecular weight excluding hydrogens is 280 g/mol. The summed E-state index contributed by atoms with van der Waals surface area (Å²) >= 11 is 4.38. The van der Waals surface area contributed by atoms with Gasteiger partial charge in [-0.2, -0.15) is 12.6 Å². The van der Waals surface area contributed by atoms with Crippen LogP contribution in [0, 0.1) is 0 Å². The maximum atomic E-state index is 11.9. The van der Waals surface area contributed by atoms with Gasteiger partial charge in [-0.05, 0) is 41.8 Å². The lowest BCUT2D eigenvalue weighted by molar-refractivity contribution is -0.117. The normalized spacial score (nSPS) is 18.2. The van der Waals surface area contributed by atoms with Crippen molar-refractivity contribution < 1.29 is 4.79 Å². The van der Waals surface area contributed by atoms with Crippen LogP contribution in [0.1, 0.15) is 17.5 Å². The fraction of sp³-hybridized carbons (Fsp3) is 0.235. The minimum atomic E-state index is 0.145. The van der Waals surface area contributed by atoms with Gasteiger partial charge in [0.1, 0.15) is 0 Å². The van der Waals surface area contributed by atoms with Crippen LogP contribution in [0.25, 0.3) is 0 Å². The monoisotopic (exact) mass is 298 g/mol. The molecule has 1 aliphatic rings. The first kappa shape index (κ1) is 14.0. The van der Waals surface area contributed by atoms with E-state index >= 15 is 0 Å². The molecule has 0 aliphatic carbocycles. The molecule has 1 saturated heterocycles. The summed E-state index contributed by atoms with van der Waals surface area (Å²) in [6.07, 6.45) is 1.39. The molecule has 21 heavy (non-hydrogen) atoms. The Bertz CT molecular complexity index is 637. The maximum Gasteiger partial charge on any atom is 0.228 e. The fourth-order valence-corrected chi connectivity index (χ4v) is 2.92. The summed E-state index contributed by atoms with van der Waals surface area (Å²) < 4.78 is 0. The van der Waals surface area contributed by atoms with Gasteiger partial charge >= 0.3 is 0 Å². The van der Waals surface area contributed by atoms with Gasteiger partial charge in [-0.15, -0.1) is 0 Å². The van der Waals surface area contributed by atoms with E-state index in [0.717, 1.165) is 17.8 Å². The quantitative estimate of drug-likeness (QED) is 0.676. The second kappa shape index (κ2) is 5.82. The molecule has 3 nitrogen and oxygen atoms in total. The zero-order chi connectivity index (χ0) is 14.8. The third-order valence-corrected chi connectivity index (χ3v) is 4.09. The lowest BCUT2D eigenvalue weighted by Crippen LogP contribution is -2.24. The van der Waals surface area contributed by atoms with Gasteiger partial charge in [-0.3, -0.25) is 4.79 Å². The zero-order valence-corrected chi connectivity index (χ0v) is 12.6. The number of carbonyl (C=O) groups excluding carboxylic acids is 1. The molecule has 108 valence electrons. The Morgan fingerprint density at radius 2 is 1.62 bits per heavy atom. The molecule has 4 heteroatoms. The highest BCUT2D eigenvalue weighted by Crippen LogP contribution is 2.24. The molecular formula is C17H18N2OS. The van der Waals surface area contributed by atoms with Gasteiger partial charge in [-0.25, -0.2) is 0 Å². The van der Waals surface area contributed by atoms with Crippen LogP contribution in [0.3, 0.4) is 0 Å². The first-order chi connectivity index (χ1) is 10.1. The number of nitrogens with two attached hydrogens (primary N) is 1. The third-order valence-electron chi connectivity index (χ3n) is 3.74. The van der Waals surface area contributed by atoms with Gasteiger partial charge in [0.15, 0.2) is 0 Å². The molecule has 0 radical (unpaired) electrons. The lowest BCUT2D eigenvalue weighted by Gasteiger charge is -2.16. The second-order valence-electron chi connectivity index (χ2n) is 5.45. The Kier molecular flexibility index (Phi) is 3.88. The first-order valence-corrected chi connectivity index (χ1v) is 7.55. The van der Waals surface area contributed by atoms with Crippen molar-refractivity contribution >= 4 is 29.9 Å². The third kappa shape index (κ3) is 3.22. The summed E-state index contributed by atoms with van der Waals surface area (Å²) in [4.78, 5) is 13.7. The number of amides is 1. The molecule has 0 spiro atoms. The van der Waals surface area contributed by atoms with E-state index in [2.05, 4.69) is 24.8 Å². The Morgan fingerprint density at radius 1 is 1.05 bits per heavy atom. The number of benzene rings is 2. The Balaban J connectivity index is 1.72. The minimum absolute atomic E-state index is 0.145. The highest BCUT2D eigenvalue weighted by atomic mass is 32.1. The number of hydrogen-bond donors (Lipinski definition) is 2. The van der Waals surface area contributed by atoms with Gasteiger partial charge in [0, 0.05) is 29.6 Å². The van der Waals surface area contributed by atoms with Crippen molar-refractivity contribution in [3.63, 3.8) is 0 Å². The van der Waals surface area contributed by atoms with E-state index in [4.69, 9.17) is 5.73 Å². The van der Waals surface area contributed by atoms with Crippen LogP contribution in [0.2, 0.25) is 0 Å². The van der Waals surface area contributed by atoms with Gasteiger partial charge in [0.25, 0.3) is 0 Å². The van der Waals surface area contributed by atoms with Crippen LogP contribution in [0.15, 0.2) is 48.5 Å². The van der Waals surface area contributed by atoms with E-state index in [0.29, 0.717) is 13.0 Å². The molecule has 2 aromatic rings. The SMILES string of the molecule is Nc1ccc(Cc2ccc(N3CC(S)CC3=O)cc2)cc1. The summed E-state index contributed by atoms with van der Waals surface area (Å²) in [5, 5.41) is 0.145.